The van der Waals surface area contributed by atoms with Gasteiger partial charge in [0, 0.05) is 38.3 Å². The molecule has 0 aliphatic rings. The second kappa shape index (κ2) is 14.9. The zero-order valence-electron chi connectivity index (χ0n) is 26.9. The molecule has 7 rings (SSSR count). The standard InChI is InChI=1S/C27H25FNSi.C15H10N.Ir/c1-19-16-22(20-8-6-5-7-9-20)12-15-24(19)25-17-26(21-10-13-23(28)14-11-21)29-18-27(25)30(2,3)4;1-2-6-12(7-3-1)15-10-13-8-4-5-9-14(13)11-16-15;/h5-10,12-18H,1-4H3;1-6,8-11H;/q2*-1;. The first-order valence-electron chi connectivity index (χ1n) is 15.4. The molecule has 0 N–H and O–H groups in total. The molecule has 0 unspecified atom stereocenters. The van der Waals surface area contributed by atoms with Gasteiger partial charge in [-0.3, -0.25) is 4.39 Å². The molecule has 0 bridgehead atoms. The molecule has 2 aromatic heterocycles. The minimum atomic E-state index is -1.63. The van der Waals surface area contributed by atoms with Crippen molar-refractivity contribution in [3.05, 3.63) is 163 Å². The zero-order chi connectivity index (χ0) is 32.1. The van der Waals surface area contributed by atoms with Crippen LogP contribution in [-0.4, -0.2) is 18.0 Å². The Morgan fingerprint density at radius 1 is 0.596 bits per heavy atom. The van der Waals surface area contributed by atoms with Crippen molar-refractivity contribution < 1.29 is 24.5 Å². The van der Waals surface area contributed by atoms with E-state index in [9.17, 15) is 4.39 Å². The Morgan fingerprint density at radius 2 is 1.28 bits per heavy atom. The number of pyridine rings is 2. The minimum Gasteiger partial charge on any atom is -0.305 e. The summed E-state index contributed by atoms with van der Waals surface area (Å²) < 4.78 is 13.4. The molecule has 47 heavy (non-hydrogen) atoms. The van der Waals surface area contributed by atoms with Crippen molar-refractivity contribution in [1.82, 2.24) is 9.97 Å². The number of aromatic nitrogens is 2. The fourth-order valence-electron chi connectivity index (χ4n) is 5.55. The van der Waals surface area contributed by atoms with Crippen LogP contribution in [0.15, 0.2) is 140 Å². The molecule has 0 aliphatic carbocycles. The Hall–Kier alpha value is -4.54. The molecule has 7 aromatic rings. The summed E-state index contributed by atoms with van der Waals surface area (Å²) in [5.41, 5.74) is 9.73. The van der Waals surface area contributed by atoms with Crippen LogP contribution in [0.3, 0.4) is 0 Å². The Balaban J connectivity index is 0.000000214. The average Bonchev–Trinajstić information content (AvgIpc) is 3.09. The topological polar surface area (TPSA) is 25.8 Å². The van der Waals surface area contributed by atoms with Crippen LogP contribution >= 0.6 is 0 Å². The number of halogens is 1. The van der Waals surface area contributed by atoms with Crippen molar-refractivity contribution in [3.63, 3.8) is 0 Å². The Kier molecular flexibility index (Phi) is 10.7. The molecule has 0 amide bonds. The number of hydrogen-bond acceptors (Lipinski definition) is 2. The van der Waals surface area contributed by atoms with E-state index in [1.54, 1.807) is 6.07 Å². The van der Waals surface area contributed by atoms with Gasteiger partial charge in [-0.1, -0.05) is 105 Å². The van der Waals surface area contributed by atoms with E-state index in [0.29, 0.717) is 0 Å². The molecule has 235 valence electrons. The molecule has 0 aliphatic heterocycles. The van der Waals surface area contributed by atoms with E-state index < -0.39 is 8.07 Å². The van der Waals surface area contributed by atoms with Gasteiger partial charge in [0.1, 0.15) is 0 Å². The summed E-state index contributed by atoms with van der Waals surface area (Å²) in [4.78, 5) is 9.15. The van der Waals surface area contributed by atoms with E-state index in [-0.39, 0.29) is 25.9 Å². The third-order valence-electron chi connectivity index (χ3n) is 8.00. The van der Waals surface area contributed by atoms with Gasteiger partial charge >= 0.3 is 0 Å². The van der Waals surface area contributed by atoms with Gasteiger partial charge in [0.2, 0.25) is 0 Å². The summed E-state index contributed by atoms with van der Waals surface area (Å²) in [6.45, 7) is 9.18. The Morgan fingerprint density at radius 3 is 1.96 bits per heavy atom. The molecule has 0 saturated heterocycles. The van der Waals surface area contributed by atoms with Crippen LogP contribution in [0.4, 0.5) is 4.39 Å². The first kappa shape index (κ1) is 33.8. The first-order chi connectivity index (χ1) is 22.3. The van der Waals surface area contributed by atoms with Crippen LogP contribution in [0.2, 0.25) is 19.6 Å². The fraction of sp³-hybridized carbons (Fsp3) is 0.0952. The van der Waals surface area contributed by atoms with Crippen molar-refractivity contribution in [2.24, 2.45) is 0 Å². The number of rotatable bonds is 5. The van der Waals surface area contributed by atoms with E-state index in [1.165, 1.54) is 55.9 Å². The zero-order valence-corrected chi connectivity index (χ0v) is 30.3. The molecule has 0 saturated carbocycles. The monoisotopic (exact) mass is 807 g/mol. The third kappa shape index (κ3) is 8.06. The van der Waals surface area contributed by atoms with Gasteiger partial charge in [-0.25, -0.2) is 0 Å². The minimum absolute atomic E-state index is 0. The summed E-state index contributed by atoms with van der Waals surface area (Å²) in [7, 11) is -1.63. The van der Waals surface area contributed by atoms with Crippen molar-refractivity contribution in [2.45, 2.75) is 26.6 Å². The Bertz CT molecular complexity index is 2090. The summed E-state index contributed by atoms with van der Waals surface area (Å²) in [6.07, 6.45) is 3.92. The number of aryl methyl sites for hydroxylation is 1. The van der Waals surface area contributed by atoms with Gasteiger partial charge in [0.05, 0.1) is 8.07 Å². The van der Waals surface area contributed by atoms with Crippen LogP contribution in [0.1, 0.15) is 5.56 Å². The molecule has 0 spiro atoms. The van der Waals surface area contributed by atoms with Gasteiger partial charge in [0.15, 0.2) is 0 Å². The van der Waals surface area contributed by atoms with Crippen LogP contribution in [0, 0.1) is 24.9 Å². The summed E-state index contributed by atoms with van der Waals surface area (Å²) >= 11 is 0. The van der Waals surface area contributed by atoms with Gasteiger partial charge in [-0.05, 0) is 62.1 Å². The average molecular weight is 807 g/mol. The number of hydrogen-bond donors (Lipinski definition) is 0. The van der Waals surface area contributed by atoms with Crippen molar-refractivity contribution >= 4 is 24.0 Å². The van der Waals surface area contributed by atoms with E-state index in [1.807, 2.05) is 54.9 Å². The number of nitrogens with zero attached hydrogens (tertiary/aromatic N) is 2. The Labute approximate surface area is 291 Å². The van der Waals surface area contributed by atoms with Crippen molar-refractivity contribution in [3.8, 4) is 44.8 Å². The second-order valence-corrected chi connectivity index (χ2v) is 17.4. The maximum absolute atomic E-state index is 13.4. The van der Waals surface area contributed by atoms with Crippen molar-refractivity contribution in [2.75, 3.05) is 0 Å². The molecular weight excluding hydrogens is 772 g/mol. The third-order valence-corrected chi connectivity index (χ3v) is 10.0. The molecule has 2 heterocycles. The molecule has 5 aromatic carbocycles. The molecule has 1 radical (unpaired) electrons. The quantitative estimate of drug-likeness (QED) is 0.128. The van der Waals surface area contributed by atoms with Gasteiger partial charge in [-0.2, -0.15) is 0 Å². The molecule has 0 atom stereocenters. The van der Waals surface area contributed by atoms with E-state index >= 15 is 0 Å². The normalized spacial score (nSPS) is 10.9. The van der Waals surface area contributed by atoms with E-state index in [2.05, 4.69) is 110 Å². The molecule has 0 fully saturated rings. The predicted molar refractivity (Wildman–Crippen MR) is 193 cm³/mol. The van der Waals surface area contributed by atoms with Crippen LogP contribution < -0.4 is 5.19 Å². The molecule has 2 nitrogen and oxygen atoms in total. The largest absolute Gasteiger partial charge is 0.305 e. The molecule has 5 heteroatoms. The van der Waals surface area contributed by atoms with E-state index in [0.717, 1.165) is 22.5 Å². The molecular formula is C42H35FIrN2Si-2. The fourth-order valence-corrected chi connectivity index (χ4v) is 7.01. The maximum atomic E-state index is 13.4. The first-order valence-corrected chi connectivity index (χ1v) is 18.9. The number of fused-ring (bicyclic) bond motifs is 1. The van der Waals surface area contributed by atoms with Crippen LogP contribution in [-0.2, 0) is 20.1 Å². The predicted octanol–water partition coefficient (Wildman–Crippen LogP) is 10.6. The van der Waals surface area contributed by atoms with Crippen LogP contribution in [0.25, 0.3) is 55.5 Å². The summed E-state index contributed by atoms with van der Waals surface area (Å²) in [5.74, 6) is -0.287. The van der Waals surface area contributed by atoms with Crippen LogP contribution in [0.5, 0.6) is 0 Å². The number of benzene rings is 5. The second-order valence-electron chi connectivity index (χ2n) is 12.4. The van der Waals surface area contributed by atoms with Gasteiger partial charge in [0.25, 0.3) is 0 Å². The maximum Gasteiger partial charge on any atom is 0.0803 e. The van der Waals surface area contributed by atoms with E-state index in [4.69, 9.17) is 4.98 Å². The summed E-state index contributed by atoms with van der Waals surface area (Å²) in [6, 6.07) is 48.2. The van der Waals surface area contributed by atoms with Gasteiger partial charge in [-0.15, -0.1) is 65.7 Å². The summed E-state index contributed by atoms with van der Waals surface area (Å²) in [5, 5.41) is 3.70. The SMILES string of the molecule is Cc1cc(-c2ccccc2)ccc1-c1cc(-c2[c-]cc(F)cc2)ncc1[Si](C)(C)C.[Ir].[c-]1ccccc1-c1cc2ccccc2cn1. The van der Waals surface area contributed by atoms with Crippen molar-refractivity contribution in [1.29, 1.82) is 0 Å². The smallest absolute Gasteiger partial charge is 0.0803 e. The van der Waals surface area contributed by atoms with Gasteiger partial charge < -0.3 is 9.97 Å².